The summed E-state index contributed by atoms with van der Waals surface area (Å²) in [6.07, 6.45) is 0. The molecule has 10 nitrogen and oxygen atoms in total. The number of aromatic hydroxyl groups is 1. The van der Waals surface area contributed by atoms with E-state index in [2.05, 4.69) is 20.5 Å². The fraction of sp³-hybridized carbons (Fsp3) is 0.200. The van der Waals surface area contributed by atoms with E-state index in [0.717, 1.165) is 0 Å². The Morgan fingerprint density at radius 2 is 1.70 bits per heavy atom. The summed E-state index contributed by atoms with van der Waals surface area (Å²) in [4.78, 5) is 26.6. The van der Waals surface area contributed by atoms with Crippen LogP contribution < -0.4 is 19.5 Å². The van der Waals surface area contributed by atoms with Gasteiger partial charge >= 0.3 is 0 Å². The zero-order valence-electron chi connectivity index (χ0n) is 16.8. The molecule has 0 atom stereocenters. The molecule has 0 saturated carbocycles. The number of methoxy groups -OCH3 is 3. The second kappa shape index (κ2) is 8.52. The Kier molecular flexibility index (Phi) is 5.86. The van der Waals surface area contributed by atoms with Crippen LogP contribution in [0.5, 0.6) is 23.1 Å². The van der Waals surface area contributed by atoms with Crippen molar-refractivity contribution in [3.63, 3.8) is 0 Å². The summed E-state index contributed by atoms with van der Waals surface area (Å²) in [7, 11) is 4.32. The minimum Gasteiger partial charge on any atom is -0.493 e. The number of azo groups is 1. The normalized spacial score (nSPS) is 10.9. The molecule has 0 radical (unpaired) electrons. The van der Waals surface area contributed by atoms with Crippen molar-refractivity contribution in [2.75, 3.05) is 26.6 Å². The Labute approximate surface area is 171 Å². The fourth-order valence-corrected chi connectivity index (χ4v) is 2.90. The minimum atomic E-state index is -0.680. The Bertz CT molecular complexity index is 1130. The van der Waals surface area contributed by atoms with E-state index in [1.165, 1.54) is 40.4 Å². The average Bonchev–Trinajstić information content (AvgIpc) is 3.04. The quantitative estimate of drug-likeness (QED) is 0.527. The van der Waals surface area contributed by atoms with E-state index in [1.54, 1.807) is 18.2 Å². The van der Waals surface area contributed by atoms with Crippen LogP contribution in [-0.2, 0) is 4.79 Å². The van der Waals surface area contributed by atoms with E-state index in [0.29, 0.717) is 33.8 Å². The van der Waals surface area contributed by atoms with Crippen LogP contribution in [-0.4, -0.2) is 43.2 Å². The number of aromatic nitrogens is 1. The van der Waals surface area contributed by atoms with Crippen molar-refractivity contribution in [2.45, 2.75) is 6.92 Å². The summed E-state index contributed by atoms with van der Waals surface area (Å²) in [5, 5.41) is 20.9. The zero-order chi connectivity index (χ0) is 21.8. The van der Waals surface area contributed by atoms with Gasteiger partial charge in [-0.2, -0.15) is 0 Å². The van der Waals surface area contributed by atoms with Crippen molar-refractivity contribution >= 4 is 34.1 Å². The number of fused-ring (bicyclic) bond motifs is 1. The number of benzene rings is 2. The van der Waals surface area contributed by atoms with Crippen LogP contribution in [0.2, 0.25) is 0 Å². The number of hydrogen-bond acceptors (Lipinski definition) is 7. The largest absolute Gasteiger partial charge is 0.493 e. The number of nitrogens with zero attached hydrogens (tertiary/aromatic N) is 2. The van der Waals surface area contributed by atoms with E-state index in [9.17, 15) is 14.7 Å². The molecule has 0 fully saturated rings. The van der Waals surface area contributed by atoms with Crippen LogP contribution >= 0.6 is 0 Å². The smallest absolute Gasteiger partial charge is 0.295 e. The number of hydrogen-bond donors (Lipinski definition) is 3. The maximum absolute atomic E-state index is 12.6. The van der Waals surface area contributed by atoms with E-state index >= 15 is 0 Å². The summed E-state index contributed by atoms with van der Waals surface area (Å²) in [6, 6.07) is 7.85. The molecule has 0 unspecified atom stereocenters. The van der Waals surface area contributed by atoms with Crippen LogP contribution in [0, 0.1) is 0 Å². The van der Waals surface area contributed by atoms with Gasteiger partial charge in [0.2, 0.25) is 17.5 Å². The molecule has 0 aliphatic rings. The van der Waals surface area contributed by atoms with Crippen molar-refractivity contribution in [1.29, 1.82) is 0 Å². The van der Waals surface area contributed by atoms with Gasteiger partial charge in [-0.1, -0.05) is 0 Å². The molecule has 0 spiro atoms. The molecule has 0 aliphatic heterocycles. The number of H-pyrrole nitrogens is 1. The maximum atomic E-state index is 12.6. The first-order chi connectivity index (χ1) is 14.4. The van der Waals surface area contributed by atoms with Crippen LogP contribution in [0.25, 0.3) is 10.9 Å². The molecule has 0 aliphatic carbocycles. The van der Waals surface area contributed by atoms with Crippen LogP contribution in [0.15, 0.2) is 40.6 Å². The lowest BCUT2D eigenvalue weighted by atomic mass is 10.1. The van der Waals surface area contributed by atoms with Gasteiger partial charge in [-0.3, -0.25) is 9.59 Å². The van der Waals surface area contributed by atoms with E-state index in [1.807, 2.05) is 0 Å². The molecule has 1 aromatic heterocycles. The first-order valence-electron chi connectivity index (χ1n) is 8.76. The molecule has 1 heterocycles. The molecular weight excluding hydrogens is 392 g/mol. The fourth-order valence-electron chi connectivity index (χ4n) is 2.90. The lowest BCUT2D eigenvalue weighted by molar-refractivity contribution is -0.114. The van der Waals surface area contributed by atoms with Gasteiger partial charge in [-0.25, -0.2) is 0 Å². The Balaban J connectivity index is 1.97. The lowest BCUT2D eigenvalue weighted by Crippen LogP contribution is -2.05. The Morgan fingerprint density at radius 1 is 1.03 bits per heavy atom. The van der Waals surface area contributed by atoms with Gasteiger partial charge in [0.25, 0.3) is 5.91 Å². The van der Waals surface area contributed by atoms with E-state index < -0.39 is 5.91 Å². The standard InChI is InChI=1S/C20H20N4O6/c1-10(25)21-12-5-6-14-13(9-12)17(20(27)22-14)23-24-19(26)11-7-15(28-2)18(30-4)16(8-11)29-3/h5-9,22,27H,1-4H3,(H,21,25). The first kappa shape index (κ1) is 20.6. The van der Waals surface area contributed by atoms with Gasteiger partial charge in [-0.15, -0.1) is 10.2 Å². The molecule has 3 N–H and O–H groups in total. The molecule has 0 saturated heterocycles. The van der Waals surface area contributed by atoms with Crippen molar-refractivity contribution in [1.82, 2.24) is 4.98 Å². The topological polar surface area (TPSA) is 135 Å². The molecule has 3 rings (SSSR count). The van der Waals surface area contributed by atoms with E-state index in [-0.39, 0.29) is 23.0 Å². The number of carbonyl (C=O) groups is 2. The van der Waals surface area contributed by atoms with Crippen LogP contribution in [0.3, 0.4) is 0 Å². The van der Waals surface area contributed by atoms with Gasteiger partial charge in [0.05, 0.1) is 32.4 Å². The average molecular weight is 412 g/mol. The number of carbonyl (C=O) groups excluding carboxylic acids is 2. The zero-order valence-corrected chi connectivity index (χ0v) is 16.8. The molecule has 2 amide bonds. The SMILES string of the molecule is COc1cc(C(=O)N=Nc2c(O)[nH]c3ccc(NC(C)=O)cc23)cc(OC)c1OC. The summed E-state index contributed by atoms with van der Waals surface area (Å²) in [6.45, 7) is 1.38. The number of nitrogens with one attached hydrogen (secondary N) is 2. The number of ether oxygens (including phenoxy) is 3. The maximum Gasteiger partial charge on any atom is 0.295 e. The molecule has 2 aromatic carbocycles. The highest BCUT2D eigenvalue weighted by Gasteiger charge is 2.18. The third-order valence-corrected chi connectivity index (χ3v) is 4.22. The number of rotatable bonds is 6. The highest BCUT2D eigenvalue weighted by Crippen LogP contribution is 2.39. The predicted molar refractivity (Wildman–Crippen MR) is 109 cm³/mol. The molecule has 0 bridgehead atoms. The van der Waals surface area contributed by atoms with Crippen molar-refractivity contribution in [2.24, 2.45) is 10.2 Å². The van der Waals surface area contributed by atoms with Crippen molar-refractivity contribution in [3.05, 3.63) is 35.9 Å². The first-order valence-corrected chi connectivity index (χ1v) is 8.76. The van der Waals surface area contributed by atoms with Gasteiger partial charge in [0.15, 0.2) is 17.2 Å². The van der Waals surface area contributed by atoms with Crippen LogP contribution in [0.1, 0.15) is 17.3 Å². The van der Waals surface area contributed by atoms with E-state index in [4.69, 9.17) is 14.2 Å². The lowest BCUT2D eigenvalue weighted by Gasteiger charge is -2.12. The number of aromatic amines is 1. The van der Waals surface area contributed by atoms with Gasteiger partial charge in [0.1, 0.15) is 0 Å². The monoisotopic (exact) mass is 412 g/mol. The van der Waals surface area contributed by atoms with Crippen LogP contribution in [0.4, 0.5) is 11.4 Å². The third kappa shape index (κ3) is 4.02. The summed E-state index contributed by atoms with van der Waals surface area (Å²) < 4.78 is 15.7. The van der Waals surface area contributed by atoms with Gasteiger partial charge in [0, 0.05) is 18.0 Å². The highest BCUT2D eigenvalue weighted by atomic mass is 16.5. The second-order valence-corrected chi connectivity index (χ2v) is 6.18. The molecule has 3 aromatic rings. The third-order valence-electron chi connectivity index (χ3n) is 4.22. The highest BCUT2D eigenvalue weighted by molar-refractivity contribution is 6.00. The van der Waals surface area contributed by atoms with Crippen molar-refractivity contribution in [3.8, 4) is 23.1 Å². The number of amides is 2. The van der Waals surface area contributed by atoms with Gasteiger partial charge < -0.3 is 29.6 Å². The van der Waals surface area contributed by atoms with Gasteiger partial charge in [-0.05, 0) is 30.3 Å². The van der Waals surface area contributed by atoms with Crippen molar-refractivity contribution < 1.29 is 28.9 Å². The minimum absolute atomic E-state index is 0.0676. The second-order valence-electron chi connectivity index (χ2n) is 6.18. The number of anilines is 1. The molecule has 156 valence electrons. The Morgan fingerprint density at radius 3 is 2.27 bits per heavy atom. The molecular formula is C20H20N4O6. The molecule has 10 heteroatoms. The Hall–Kier alpha value is -4.08. The summed E-state index contributed by atoms with van der Waals surface area (Å²) in [5.74, 6) is -0.244. The summed E-state index contributed by atoms with van der Waals surface area (Å²) >= 11 is 0. The predicted octanol–water partition coefficient (Wildman–Crippen LogP) is 3.78. The summed E-state index contributed by atoms with van der Waals surface area (Å²) in [5.41, 5.74) is 1.31. The molecule has 30 heavy (non-hydrogen) atoms.